The van der Waals surface area contributed by atoms with Crippen LogP contribution in [0.1, 0.15) is 54.5 Å². The van der Waals surface area contributed by atoms with Crippen molar-refractivity contribution >= 4 is 17.5 Å². The Kier molecular flexibility index (Phi) is 6.73. The Morgan fingerprint density at radius 1 is 1.19 bits per heavy atom. The predicted molar refractivity (Wildman–Crippen MR) is 123 cm³/mol. The minimum atomic E-state index is 0.0152. The summed E-state index contributed by atoms with van der Waals surface area (Å²) in [6, 6.07) is 10.5. The largest absolute Gasteiger partial charge is 0.493 e. The molecule has 4 rings (SSSR count). The van der Waals surface area contributed by atoms with Gasteiger partial charge in [0.15, 0.2) is 0 Å². The smallest absolute Gasteiger partial charge is 0.220 e. The summed E-state index contributed by atoms with van der Waals surface area (Å²) in [6.07, 6.45) is 3.50. The maximum absolute atomic E-state index is 11.5. The van der Waals surface area contributed by atoms with Gasteiger partial charge in [-0.15, -0.1) is 0 Å². The van der Waals surface area contributed by atoms with Crippen molar-refractivity contribution in [2.75, 3.05) is 20.2 Å². The van der Waals surface area contributed by atoms with Gasteiger partial charge in [0.25, 0.3) is 0 Å². The normalized spacial score (nSPS) is 20.1. The number of amides is 1. The molecule has 2 aromatic rings. The van der Waals surface area contributed by atoms with Crippen LogP contribution in [0.15, 0.2) is 30.3 Å². The molecule has 166 valence electrons. The van der Waals surface area contributed by atoms with Crippen LogP contribution in [-0.2, 0) is 17.8 Å². The van der Waals surface area contributed by atoms with Gasteiger partial charge in [-0.05, 0) is 62.9 Å². The summed E-state index contributed by atoms with van der Waals surface area (Å²) in [6.45, 7) is 6.19. The van der Waals surface area contributed by atoms with E-state index >= 15 is 0 Å². The van der Waals surface area contributed by atoms with E-state index in [1.54, 1.807) is 0 Å². The zero-order chi connectivity index (χ0) is 22.0. The number of fused-ring (bicyclic) bond motifs is 1. The predicted octanol–water partition coefficient (Wildman–Crippen LogP) is 4.82. The molecule has 0 spiro atoms. The van der Waals surface area contributed by atoms with Crippen LogP contribution in [0, 0.1) is 6.92 Å². The van der Waals surface area contributed by atoms with Gasteiger partial charge in [-0.1, -0.05) is 29.8 Å². The Morgan fingerprint density at radius 2 is 2.03 bits per heavy atom. The fourth-order valence-corrected chi connectivity index (χ4v) is 4.93. The van der Waals surface area contributed by atoms with Crippen LogP contribution in [0.3, 0.4) is 0 Å². The topological polar surface area (TPSA) is 50.8 Å². The second-order valence-electron chi connectivity index (χ2n) is 8.61. The maximum atomic E-state index is 11.5. The molecule has 0 aromatic heterocycles. The molecule has 1 heterocycles. The van der Waals surface area contributed by atoms with E-state index in [1.807, 2.05) is 19.1 Å². The van der Waals surface area contributed by atoms with Crippen molar-refractivity contribution in [3.63, 3.8) is 0 Å². The minimum Gasteiger partial charge on any atom is -0.493 e. The summed E-state index contributed by atoms with van der Waals surface area (Å²) in [4.78, 5) is 13.7. The summed E-state index contributed by atoms with van der Waals surface area (Å²) in [5.41, 5.74) is 5.00. The van der Waals surface area contributed by atoms with Crippen molar-refractivity contribution in [2.24, 2.45) is 0 Å². The van der Waals surface area contributed by atoms with Crippen molar-refractivity contribution in [3.8, 4) is 11.5 Å². The van der Waals surface area contributed by atoms with E-state index in [9.17, 15) is 4.79 Å². The van der Waals surface area contributed by atoms with Gasteiger partial charge in [-0.2, -0.15) is 0 Å². The molecule has 5 nitrogen and oxygen atoms in total. The quantitative estimate of drug-likeness (QED) is 0.636. The number of rotatable bonds is 8. The number of hydrogen-bond donors (Lipinski definition) is 1. The van der Waals surface area contributed by atoms with Crippen LogP contribution >= 0.6 is 11.6 Å². The summed E-state index contributed by atoms with van der Waals surface area (Å²) >= 11 is 6.66. The van der Waals surface area contributed by atoms with Crippen LogP contribution in [0.25, 0.3) is 0 Å². The average molecular weight is 443 g/mol. The lowest BCUT2D eigenvalue weighted by Gasteiger charge is -2.23. The van der Waals surface area contributed by atoms with Gasteiger partial charge in [0.2, 0.25) is 5.91 Å². The standard InChI is InChI=1S/C25H31ClN2O3/c1-4-30-23-13-24(31-22-10-9-19-16(2)6-5-7-20(19)22)21(26)12-17(23)14-28(3)15-18-8-11-25(29)27-18/h5-7,12-13,18,22H,4,8-11,14-15H2,1-3H3,(H,27,29)/t18-,22-/m0/s1. The summed E-state index contributed by atoms with van der Waals surface area (Å²) in [7, 11) is 2.05. The second kappa shape index (κ2) is 9.49. The Labute approximate surface area is 189 Å². The lowest BCUT2D eigenvalue weighted by atomic mass is 10.0. The zero-order valence-corrected chi connectivity index (χ0v) is 19.3. The van der Waals surface area contributed by atoms with Crippen molar-refractivity contribution in [3.05, 3.63) is 57.6 Å². The average Bonchev–Trinajstić information content (AvgIpc) is 3.32. The molecule has 1 saturated heterocycles. The van der Waals surface area contributed by atoms with E-state index in [1.165, 1.54) is 16.7 Å². The third-order valence-corrected chi connectivity index (χ3v) is 6.49. The molecule has 1 N–H and O–H groups in total. The van der Waals surface area contributed by atoms with E-state index < -0.39 is 0 Å². The second-order valence-corrected chi connectivity index (χ2v) is 9.02. The molecule has 1 aliphatic carbocycles. The Morgan fingerprint density at radius 3 is 2.77 bits per heavy atom. The highest BCUT2D eigenvalue weighted by Crippen LogP contribution is 2.41. The Balaban J connectivity index is 1.50. The lowest BCUT2D eigenvalue weighted by molar-refractivity contribution is -0.119. The molecule has 1 aliphatic heterocycles. The molecule has 1 fully saturated rings. The van der Waals surface area contributed by atoms with Crippen molar-refractivity contribution in [1.82, 2.24) is 10.2 Å². The molecular formula is C25H31ClN2O3. The fourth-order valence-electron chi connectivity index (χ4n) is 4.70. The molecule has 0 radical (unpaired) electrons. The van der Waals surface area contributed by atoms with Crippen LogP contribution < -0.4 is 14.8 Å². The number of carbonyl (C=O) groups excluding carboxylic acids is 1. The number of carbonyl (C=O) groups is 1. The van der Waals surface area contributed by atoms with E-state index in [0.29, 0.717) is 30.3 Å². The number of hydrogen-bond acceptors (Lipinski definition) is 4. The van der Waals surface area contributed by atoms with Crippen molar-refractivity contribution in [2.45, 2.75) is 58.2 Å². The highest BCUT2D eigenvalue weighted by Gasteiger charge is 2.27. The number of halogens is 1. The molecule has 2 atom stereocenters. The SMILES string of the molecule is CCOc1cc(O[C@H]2CCc3c(C)cccc32)c(Cl)cc1CN(C)C[C@@H]1CCC(=O)N1. The third kappa shape index (κ3) is 4.99. The van der Waals surface area contributed by atoms with Gasteiger partial charge in [0, 0.05) is 37.2 Å². The van der Waals surface area contributed by atoms with Crippen LogP contribution in [0.4, 0.5) is 0 Å². The molecular weight excluding hydrogens is 412 g/mol. The van der Waals surface area contributed by atoms with Gasteiger partial charge >= 0.3 is 0 Å². The van der Waals surface area contributed by atoms with Gasteiger partial charge in [-0.25, -0.2) is 0 Å². The maximum Gasteiger partial charge on any atom is 0.220 e. The minimum absolute atomic E-state index is 0.0152. The fraction of sp³-hybridized carbons (Fsp3) is 0.480. The molecule has 31 heavy (non-hydrogen) atoms. The lowest BCUT2D eigenvalue weighted by Crippen LogP contribution is -2.36. The number of ether oxygens (including phenoxy) is 2. The number of benzene rings is 2. The molecule has 2 aliphatic rings. The highest BCUT2D eigenvalue weighted by molar-refractivity contribution is 6.32. The Bertz CT molecular complexity index is 962. The number of nitrogens with one attached hydrogen (secondary N) is 1. The van der Waals surface area contributed by atoms with E-state index in [-0.39, 0.29) is 18.1 Å². The van der Waals surface area contributed by atoms with Gasteiger partial charge < -0.3 is 14.8 Å². The van der Waals surface area contributed by atoms with E-state index in [0.717, 1.165) is 37.1 Å². The van der Waals surface area contributed by atoms with E-state index in [4.69, 9.17) is 21.1 Å². The number of aryl methyl sites for hydroxylation is 1. The monoisotopic (exact) mass is 442 g/mol. The third-order valence-electron chi connectivity index (χ3n) is 6.19. The molecule has 2 aromatic carbocycles. The molecule has 0 unspecified atom stereocenters. The first-order valence-corrected chi connectivity index (χ1v) is 11.5. The molecule has 6 heteroatoms. The van der Waals surface area contributed by atoms with Crippen molar-refractivity contribution < 1.29 is 14.3 Å². The number of likely N-dealkylation sites (N-methyl/N-ethyl adjacent to an activating group) is 1. The summed E-state index contributed by atoms with van der Waals surface area (Å²) in [5.74, 6) is 1.60. The van der Waals surface area contributed by atoms with Crippen molar-refractivity contribution in [1.29, 1.82) is 0 Å². The van der Waals surface area contributed by atoms with Gasteiger partial charge in [0.1, 0.15) is 17.6 Å². The summed E-state index contributed by atoms with van der Waals surface area (Å²) in [5, 5.41) is 3.62. The number of nitrogens with zero attached hydrogens (tertiary/aromatic N) is 1. The van der Waals surface area contributed by atoms with Gasteiger partial charge in [-0.3, -0.25) is 9.69 Å². The molecule has 0 saturated carbocycles. The Hall–Kier alpha value is -2.24. The molecule has 0 bridgehead atoms. The first-order chi connectivity index (χ1) is 14.9. The summed E-state index contributed by atoms with van der Waals surface area (Å²) < 4.78 is 12.3. The van der Waals surface area contributed by atoms with E-state index in [2.05, 4.69) is 42.4 Å². The van der Waals surface area contributed by atoms with Gasteiger partial charge in [0.05, 0.1) is 11.6 Å². The van der Waals surface area contributed by atoms with Crippen LogP contribution in [-0.4, -0.2) is 37.0 Å². The van der Waals surface area contributed by atoms with Crippen LogP contribution in [0.2, 0.25) is 5.02 Å². The molecule has 1 amide bonds. The highest BCUT2D eigenvalue weighted by atomic mass is 35.5. The zero-order valence-electron chi connectivity index (χ0n) is 18.5. The van der Waals surface area contributed by atoms with Crippen LogP contribution in [0.5, 0.6) is 11.5 Å². The first-order valence-electron chi connectivity index (χ1n) is 11.1. The first kappa shape index (κ1) is 22.0.